The van der Waals surface area contributed by atoms with Crippen molar-refractivity contribution in [2.24, 2.45) is 11.7 Å². The van der Waals surface area contributed by atoms with Gasteiger partial charge in [0.2, 0.25) is 5.91 Å². The van der Waals surface area contributed by atoms with Gasteiger partial charge < -0.3 is 15.8 Å². The van der Waals surface area contributed by atoms with Crippen molar-refractivity contribution in [3.05, 3.63) is 24.3 Å². The van der Waals surface area contributed by atoms with Crippen LogP contribution in [0.2, 0.25) is 0 Å². The summed E-state index contributed by atoms with van der Waals surface area (Å²) in [5, 5.41) is 2.44. The maximum atomic E-state index is 12.2. The Bertz CT molecular complexity index is 449. The molecule has 0 fully saturated rings. The van der Waals surface area contributed by atoms with Crippen LogP contribution in [0.1, 0.15) is 19.8 Å². The van der Waals surface area contributed by atoms with Crippen LogP contribution in [0, 0.1) is 5.92 Å². The third-order valence-corrected chi connectivity index (χ3v) is 2.66. The topological polar surface area (TPSA) is 64.4 Å². The van der Waals surface area contributed by atoms with E-state index in [1.54, 1.807) is 6.92 Å². The van der Waals surface area contributed by atoms with Gasteiger partial charge in [0.1, 0.15) is 0 Å². The number of para-hydroxylation sites is 2. The number of alkyl halides is 3. The molecule has 0 heterocycles. The first-order valence-electron chi connectivity index (χ1n) is 6.19. The first kappa shape index (κ1) is 16.3. The largest absolute Gasteiger partial charge is 0.573 e. The van der Waals surface area contributed by atoms with Crippen LogP contribution in [0.15, 0.2) is 24.3 Å². The highest BCUT2D eigenvalue weighted by molar-refractivity contribution is 5.93. The summed E-state index contributed by atoms with van der Waals surface area (Å²) in [7, 11) is 0. The maximum absolute atomic E-state index is 12.2. The molecule has 0 bridgehead atoms. The van der Waals surface area contributed by atoms with Crippen molar-refractivity contribution in [2.75, 3.05) is 11.9 Å². The van der Waals surface area contributed by atoms with E-state index in [0.29, 0.717) is 19.4 Å². The normalized spacial score (nSPS) is 12.8. The molecule has 3 N–H and O–H groups in total. The van der Waals surface area contributed by atoms with Gasteiger partial charge in [-0.15, -0.1) is 13.2 Å². The lowest BCUT2D eigenvalue weighted by molar-refractivity contribution is -0.274. The molecule has 4 nitrogen and oxygen atoms in total. The predicted octanol–water partition coefficient (Wildman–Crippen LogP) is 2.90. The number of amides is 1. The van der Waals surface area contributed by atoms with E-state index in [9.17, 15) is 18.0 Å². The van der Waals surface area contributed by atoms with Crippen LogP contribution in [0.25, 0.3) is 0 Å². The van der Waals surface area contributed by atoms with Crippen LogP contribution in [0.5, 0.6) is 5.75 Å². The summed E-state index contributed by atoms with van der Waals surface area (Å²) in [5.41, 5.74) is 5.34. The maximum Gasteiger partial charge on any atom is 0.573 e. The van der Waals surface area contributed by atoms with E-state index in [2.05, 4.69) is 10.1 Å². The van der Waals surface area contributed by atoms with Gasteiger partial charge in [-0.25, -0.2) is 0 Å². The highest BCUT2D eigenvalue weighted by Gasteiger charge is 2.32. The van der Waals surface area contributed by atoms with E-state index in [1.807, 2.05) is 0 Å². The third kappa shape index (κ3) is 5.48. The molecule has 1 unspecified atom stereocenters. The highest BCUT2D eigenvalue weighted by atomic mass is 19.4. The first-order chi connectivity index (χ1) is 9.33. The van der Waals surface area contributed by atoms with Gasteiger partial charge in [0.15, 0.2) is 5.75 Å². The van der Waals surface area contributed by atoms with Crippen molar-refractivity contribution in [1.29, 1.82) is 0 Å². The van der Waals surface area contributed by atoms with Gasteiger partial charge >= 0.3 is 6.36 Å². The molecule has 0 aliphatic rings. The van der Waals surface area contributed by atoms with Crippen LogP contribution in [-0.4, -0.2) is 18.8 Å². The summed E-state index contributed by atoms with van der Waals surface area (Å²) < 4.78 is 40.6. The predicted molar refractivity (Wildman–Crippen MR) is 69.2 cm³/mol. The summed E-state index contributed by atoms with van der Waals surface area (Å²) in [6, 6.07) is 5.42. The molecule has 1 aromatic rings. The van der Waals surface area contributed by atoms with E-state index >= 15 is 0 Å². The molecule has 0 radical (unpaired) electrons. The quantitative estimate of drug-likeness (QED) is 0.846. The fourth-order valence-electron chi connectivity index (χ4n) is 1.59. The Labute approximate surface area is 115 Å². The average molecular weight is 290 g/mol. The molecular weight excluding hydrogens is 273 g/mol. The molecule has 112 valence electrons. The molecule has 0 saturated carbocycles. The number of rotatable bonds is 6. The van der Waals surface area contributed by atoms with Gasteiger partial charge in [-0.2, -0.15) is 0 Å². The second-order valence-electron chi connectivity index (χ2n) is 4.37. The lowest BCUT2D eigenvalue weighted by Gasteiger charge is -2.16. The van der Waals surface area contributed by atoms with Gasteiger partial charge in [0, 0.05) is 5.92 Å². The lowest BCUT2D eigenvalue weighted by atomic mass is 10.0. The molecule has 0 spiro atoms. The van der Waals surface area contributed by atoms with Crippen LogP contribution >= 0.6 is 0 Å². The van der Waals surface area contributed by atoms with E-state index in [4.69, 9.17) is 5.73 Å². The Balaban J connectivity index is 2.74. The molecule has 0 aromatic heterocycles. The average Bonchev–Trinajstić information content (AvgIpc) is 2.36. The zero-order valence-corrected chi connectivity index (χ0v) is 11.0. The highest BCUT2D eigenvalue weighted by Crippen LogP contribution is 2.30. The summed E-state index contributed by atoms with van der Waals surface area (Å²) >= 11 is 0. The van der Waals surface area contributed by atoms with Crippen LogP contribution in [-0.2, 0) is 4.79 Å². The van der Waals surface area contributed by atoms with Crippen LogP contribution in [0.4, 0.5) is 18.9 Å². The van der Waals surface area contributed by atoms with Crippen LogP contribution < -0.4 is 15.8 Å². The number of hydrogen-bond donors (Lipinski definition) is 2. The number of ether oxygens (including phenoxy) is 1. The van der Waals surface area contributed by atoms with Crippen molar-refractivity contribution in [3.63, 3.8) is 0 Å². The van der Waals surface area contributed by atoms with Gasteiger partial charge in [0.05, 0.1) is 5.69 Å². The zero-order valence-electron chi connectivity index (χ0n) is 11.0. The Morgan fingerprint density at radius 2 is 2.05 bits per heavy atom. The minimum absolute atomic E-state index is 0.00516. The SMILES string of the molecule is CC(CCCN)C(=O)Nc1ccccc1OC(F)(F)F. The van der Waals surface area contributed by atoms with Gasteiger partial charge in [-0.3, -0.25) is 4.79 Å². The summed E-state index contributed by atoms with van der Waals surface area (Å²) in [5.74, 6) is -1.13. The number of anilines is 1. The van der Waals surface area contributed by atoms with E-state index < -0.39 is 12.1 Å². The number of carbonyl (C=O) groups excluding carboxylic acids is 1. The number of carbonyl (C=O) groups is 1. The Hall–Kier alpha value is -1.76. The zero-order chi connectivity index (χ0) is 15.2. The molecule has 1 atom stereocenters. The van der Waals surface area contributed by atoms with Gasteiger partial charge in [-0.05, 0) is 31.5 Å². The second-order valence-corrected chi connectivity index (χ2v) is 4.37. The molecule has 0 aliphatic heterocycles. The van der Waals surface area contributed by atoms with Crippen molar-refractivity contribution < 1.29 is 22.7 Å². The summed E-state index contributed by atoms with van der Waals surface area (Å²) in [6.45, 7) is 2.16. The number of nitrogens with two attached hydrogens (primary N) is 1. The molecule has 1 rings (SSSR count). The molecule has 20 heavy (non-hydrogen) atoms. The summed E-state index contributed by atoms with van der Waals surface area (Å²) in [6.07, 6.45) is -3.55. The van der Waals surface area contributed by atoms with E-state index in [1.165, 1.54) is 18.2 Å². The standard InChI is InChI=1S/C13H17F3N2O2/c1-9(5-4-8-17)12(19)18-10-6-2-3-7-11(10)20-13(14,15)16/h2-3,6-7,9H,4-5,8,17H2,1H3,(H,18,19). The second kappa shape index (κ2) is 7.14. The molecule has 7 heteroatoms. The molecular formula is C13H17F3N2O2. The Kier molecular flexibility index (Phi) is 5.82. The lowest BCUT2D eigenvalue weighted by Crippen LogP contribution is -2.23. The van der Waals surface area contributed by atoms with Crippen molar-refractivity contribution >= 4 is 11.6 Å². The van der Waals surface area contributed by atoms with Crippen LogP contribution in [0.3, 0.4) is 0 Å². The number of hydrogen-bond acceptors (Lipinski definition) is 3. The van der Waals surface area contributed by atoms with E-state index in [-0.39, 0.29) is 17.5 Å². The monoisotopic (exact) mass is 290 g/mol. The minimum atomic E-state index is -4.80. The van der Waals surface area contributed by atoms with Crippen molar-refractivity contribution in [3.8, 4) is 5.75 Å². The Morgan fingerprint density at radius 3 is 2.65 bits per heavy atom. The number of halogens is 3. The summed E-state index contributed by atoms with van der Waals surface area (Å²) in [4.78, 5) is 11.8. The molecule has 1 amide bonds. The van der Waals surface area contributed by atoms with Gasteiger partial charge in [0.25, 0.3) is 0 Å². The first-order valence-corrected chi connectivity index (χ1v) is 6.19. The fourth-order valence-corrected chi connectivity index (χ4v) is 1.59. The smallest absolute Gasteiger partial charge is 0.404 e. The number of benzene rings is 1. The fraction of sp³-hybridized carbons (Fsp3) is 0.462. The number of nitrogens with one attached hydrogen (secondary N) is 1. The Morgan fingerprint density at radius 1 is 1.40 bits per heavy atom. The molecule has 1 aromatic carbocycles. The van der Waals surface area contributed by atoms with Crippen molar-refractivity contribution in [1.82, 2.24) is 0 Å². The third-order valence-electron chi connectivity index (χ3n) is 2.66. The van der Waals surface area contributed by atoms with Crippen molar-refractivity contribution in [2.45, 2.75) is 26.1 Å². The van der Waals surface area contributed by atoms with E-state index in [0.717, 1.165) is 6.07 Å². The van der Waals surface area contributed by atoms with Gasteiger partial charge in [-0.1, -0.05) is 19.1 Å². The molecule has 0 aliphatic carbocycles. The molecule has 0 saturated heterocycles. The minimum Gasteiger partial charge on any atom is -0.404 e.